The van der Waals surface area contributed by atoms with E-state index in [2.05, 4.69) is 5.32 Å². The van der Waals surface area contributed by atoms with Gasteiger partial charge in [0.2, 0.25) is 15.9 Å². The Bertz CT molecular complexity index is 1070. The standard InChI is InChI=1S/C20H24FN3O5S2/c1-13-14(2)30-19(18(13)20(26)29-3)22-17(25)12-23-8-10-24(11-9-23)31(27,28)16-6-4-15(21)5-7-16/h4-7H,8-12H2,1-3H3,(H,22,25). The summed E-state index contributed by atoms with van der Waals surface area (Å²) in [5, 5.41) is 3.23. The first-order valence-electron chi connectivity index (χ1n) is 9.59. The van der Waals surface area contributed by atoms with E-state index >= 15 is 0 Å². The van der Waals surface area contributed by atoms with Crippen LogP contribution in [0.4, 0.5) is 9.39 Å². The number of aryl methyl sites for hydroxylation is 1. The van der Waals surface area contributed by atoms with Crippen LogP contribution in [0.3, 0.4) is 0 Å². The minimum Gasteiger partial charge on any atom is -0.465 e. The summed E-state index contributed by atoms with van der Waals surface area (Å²) in [4.78, 5) is 27.4. The monoisotopic (exact) mass is 469 g/mol. The van der Waals surface area contributed by atoms with Crippen LogP contribution in [0.25, 0.3) is 0 Å². The normalized spacial score (nSPS) is 15.6. The molecule has 1 amide bonds. The number of nitrogens with one attached hydrogen (secondary N) is 1. The first-order chi connectivity index (χ1) is 14.6. The van der Waals surface area contributed by atoms with Gasteiger partial charge in [0.25, 0.3) is 0 Å². The summed E-state index contributed by atoms with van der Waals surface area (Å²) in [6.07, 6.45) is 0. The molecule has 0 bridgehead atoms. The second-order valence-electron chi connectivity index (χ2n) is 7.16. The molecule has 0 spiro atoms. The summed E-state index contributed by atoms with van der Waals surface area (Å²) < 4.78 is 44.6. The maximum absolute atomic E-state index is 13.1. The number of sulfonamides is 1. The lowest BCUT2D eigenvalue weighted by Gasteiger charge is -2.33. The Hall–Kier alpha value is -2.34. The summed E-state index contributed by atoms with van der Waals surface area (Å²) in [6, 6.07) is 4.72. The molecule has 0 saturated carbocycles. The molecule has 1 saturated heterocycles. The molecule has 2 heterocycles. The number of esters is 1. The third-order valence-corrected chi connectivity index (χ3v) is 8.21. The van der Waals surface area contributed by atoms with E-state index in [-0.39, 0.29) is 30.4 Å². The van der Waals surface area contributed by atoms with Gasteiger partial charge in [-0.25, -0.2) is 17.6 Å². The van der Waals surface area contributed by atoms with E-state index in [0.29, 0.717) is 23.7 Å². The third-order valence-electron chi connectivity index (χ3n) is 5.18. The number of nitrogens with zero attached hydrogens (tertiary/aromatic N) is 2. The van der Waals surface area contributed by atoms with Crippen molar-refractivity contribution in [3.05, 3.63) is 46.1 Å². The van der Waals surface area contributed by atoms with E-state index in [1.807, 2.05) is 11.8 Å². The third kappa shape index (κ3) is 5.12. The highest BCUT2D eigenvalue weighted by Gasteiger charge is 2.29. The molecule has 8 nitrogen and oxygen atoms in total. The summed E-state index contributed by atoms with van der Waals surface area (Å²) in [7, 11) is -2.42. The summed E-state index contributed by atoms with van der Waals surface area (Å²) >= 11 is 1.31. The quantitative estimate of drug-likeness (QED) is 0.652. The number of benzene rings is 1. The zero-order valence-corrected chi connectivity index (χ0v) is 19.1. The molecule has 3 rings (SSSR count). The molecule has 0 radical (unpaired) electrons. The Kier molecular flexibility index (Phi) is 7.10. The molecule has 168 valence electrons. The van der Waals surface area contributed by atoms with Crippen molar-refractivity contribution in [2.24, 2.45) is 0 Å². The number of halogens is 1. The van der Waals surface area contributed by atoms with Gasteiger partial charge in [0.05, 0.1) is 24.1 Å². The van der Waals surface area contributed by atoms with Crippen molar-refractivity contribution >= 4 is 38.2 Å². The zero-order valence-electron chi connectivity index (χ0n) is 17.5. The van der Waals surface area contributed by atoms with Gasteiger partial charge in [-0.3, -0.25) is 9.69 Å². The Morgan fingerprint density at radius 3 is 2.32 bits per heavy atom. The molecule has 1 fully saturated rings. The number of carbonyl (C=O) groups excluding carboxylic acids is 2. The highest BCUT2D eigenvalue weighted by atomic mass is 32.2. The minimum absolute atomic E-state index is 0.0406. The number of rotatable bonds is 6. The molecular formula is C20H24FN3O5S2. The fraction of sp³-hybridized carbons (Fsp3) is 0.400. The lowest BCUT2D eigenvalue weighted by molar-refractivity contribution is -0.117. The number of methoxy groups -OCH3 is 1. The molecule has 0 aliphatic carbocycles. The number of hydrogen-bond donors (Lipinski definition) is 1. The smallest absolute Gasteiger partial charge is 0.341 e. The van der Waals surface area contributed by atoms with Gasteiger partial charge in [-0.15, -0.1) is 11.3 Å². The van der Waals surface area contributed by atoms with E-state index in [4.69, 9.17) is 4.74 Å². The maximum Gasteiger partial charge on any atom is 0.341 e. The summed E-state index contributed by atoms with van der Waals surface area (Å²) in [6.45, 7) is 4.92. The van der Waals surface area contributed by atoms with Crippen molar-refractivity contribution in [3.8, 4) is 0 Å². The van der Waals surface area contributed by atoms with Crippen molar-refractivity contribution in [2.75, 3.05) is 45.2 Å². The number of thiophene rings is 1. The Morgan fingerprint density at radius 1 is 1.13 bits per heavy atom. The van der Waals surface area contributed by atoms with Crippen molar-refractivity contribution in [3.63, 3.8) is 0 Å². The van der Waals surface area contributed by atoms with Gasteiger partial charge >= 0.3 is 5.97 Å². The Morgan fingerprint density at radius 2 is 1.74 bits per heavy atom. The second-order valence-corrected chi connectivity index (χ2v) is 10.3. The molecule has 0 unspecified atom stereocenters. The average Bonchev–Trinajstić information content (AvgIpc) is 3.01. The topological polar surface area (TPSA) is 96.0 Å². The van der Waals surface area contributed by atoms with Gasteiger partial charge in [-0.2, -0.15) is 4.31 Å². The van der Waals surface area contributed by atoms with Gasteiger partial charge in [0.15, 0.2) is 0 Å². The molecule has 2 aromatic rings. The highest BCUT2D eigenvalue weighted by Crippen LogP contribution is 2.33. The van der Waals surface area contributed by atoms with Crippen LogP contribution in [0.15, 0.2) is 29.2 Å². The van der Waals surface area contributed by atoms with Crippen LogP contribution in [0.1, 0.15) is 20.8 Å². The van der Waals surface area contributed by atoms with Gasteiger partial charge in [0, 0.05) is 31.1 Å². The number of piperazine rings is 1. The van der Waals surface area contributed by atoms with Crippen LogP contribution in [0.5, 0.6) is 0 Å². The SMILES string of the molecule is COC(=O)c1c(NC(=O)CN2CCN(S(=O)(=O)c3ccc(F)cc3)CC2)sc(C)c1C. The van der Waals surface area contributed by atoms with Gasteiger partial charge in [-0.1, -0.05) is 0 Å². The predicted octanol–water partition coefficient (Wildman–Crippen LogP) is 2.24. The number of carbonyl (C=O) groups is 2. The van der Waals surface area contributed by atoms with Crippen LogP contribution in [0, 0.1) is 19.7 Å². The molecular weight excluding hydrogens is 445 g/mol. The van der Waals surface area contributed by atoms with E-state index in [1.54, 1.807) is 6.92 Å². The van der Waals surface area contributed by atoms with Crippen molar-refractivity contribution < 1.29 is 27.1 Å². The van der Waals surface area contributed by atoms with E-state index in [9.17, 15) is 22.4 Å². The zero-order chi connectivity index (χ0) is 22.8. The van der Waals surface area contributed by atoms with Crippen molar-refractivity contribution in [1.29, 1.82) is 0 Å². The van der Waals surface area contributed by atoms with Crippen LogP contribution >= 0.6 is 11.3 Å². The minimum atomic E-state index is -3.71. The van der Waals surface area contributed by atoms with E-state index in [0.717, 1.165) is 22.6 Å². The number of hydrogen-bond acceptors (Lipinski definition) is 7. The van der Waals surface area contributed by atoms with Crippen LogP contribution < -0.4 is 5.32 Å². The van der Waals surface area contributed by atoms with Crippen molar-refractivity contribution in [2.45, 2.75) is 18.7 Å². The van der Waals surface area contributed by atoms with Gasteiger partial charge in [-0.05, 0) is 43.7 Å². The maximum atomic E-state index is 13.1. The first kappa shape index (κ1) is 23.3. The molecule has 1 aromatic heterocycles. The van der Waals surface area contributed by atoms with Crippen LogP contribution in [-0.2, 0) is 19.6 Å². The molecule has 1 aliphatic heterocycles. The highest BCUT2D eigenvalue weighted by molar-refractivity contribution is 7.89. The Labute approximate surface area is 184 Å². The molecule has 31 heavy (non-hydrogen) atoms. The fourth-order valence-corrected chi connectivity index (χ4v) is 5.80. The second kappa shape index (κ2) is 9.43. The van der Waals surface area contributed by atoms with E-state index < -0.39 is 21.8 Å². The molecule has 11 heteroatoms. The number of amides is 1. The van der Waals surface area contributed by atoms with E-state index in [1.165, 1.54) is 34.9 Å². The largest absolute Gasteiger partial charge is 0.465 e. The van der Waals surface area contributed by atoms with Crippen LogP contribution in [0.2, 0.25) is 0 Å². The lowest BCUT2D eigenvalue weighted by atomic mass is 10.1. The lowest BCUT2D eigenvalue weighted by Crippen LogP contribution is -2.50. The van der Waals surface area contributed by atoms with Crippen molar-refractivity contribution in [1.82, 2.24) is 9.21 Å². The molecule has 1 N–H and O–H groups in total. The number of ether oxygens (including phenoxy) is 1. The molecule has 0 atom stereocenters. The van der Waals surface area contributed by atoms with Gasteiger partial charge < -0.3 is 10.1 Å². The van der Waals surface area contributed by atoms with Crippen LogP contribution in [-0.4, -0.2) is 69.3 Å². The average molecular weight is 470 g/mol. The Balaban J connectivity index is 1.59. The fourth-order valence-electron chi connectivity index (χ4n) is 3.32. The summed E-state index contributed by atoms with van der Waals surface area (Å²) in [5.74, 6) is -1.29. The van der Waals surface area contributed by atoms with Gasteiger partial charge in [0.1, 0.15) is 10.8 Å². The number of anilines is 1. The summed E-state index contributed by atoms with van der Waals surface area (Å²) in [5.41, 5.74) is 1.13. The molecule has 1 aliphatic rings. The first-order valence-corrected chi connectivity index (χ1v) is 11.9. The predicted molar refractivity (Wildman–Crippen MR) is 115 cm³/mol. The molecule has 1 aromatic carbocycles.